The molecule has 0 radical (unpaired) electrons. The van der Waals surface area contributed by atoms with E-state index in [9.17, 15) is 13.2 Å². The Morgan fingerprint density at radius 3 is 2.30 bits per heavy atom. The number of aryl methyl sites for hydroxylation is 2. The van der Waals surface area contributed by atoms with Crippen LogP contribution >= 0.6 is 0 Å². The van der Waals surface area contributed by atoms with Gasteiger partial charge in [0, 0.05) is 25.1 Å². The minimum absolute atomic E-state index is 0.502. The zero-order valence-electron chi connectivity index (χ0n) is 20.0. The summed E-state index contributed by atoms with van der Waals surface area (Å²) in [4.78, 5) is 1.59. The van der Waals surface area contributed by atoms with Crippen molar-refractivity contribution < 1.29 is 22.4 Å². The van der Waals surface area contributed by atoms with Crippen molar-refractivity contribution in [1.29, 1.82) is 0 Å². The first-order chi connectivity index (χ1) is 15.8. The van der Waals surface area contributed by atoms with Gasteiger partial charge in [0.2, 0.25) is 0 Å². The van der Waals surface area contributed by atoms with Gasteiger partial charge in [-0.3, -0.25) is 4.90 Å². The average Bonchev–Trinajstić information content (AvgIpc) is 2.94. The van der Waals surface area contributed by atoms with Crippen molar-refractivity contribution in [2.45, 2.75) is 52.3 Å². The molecule has 0 amide bonds. The van der Waals surface area contributed by atoms with Crippen LogP contribution in [-0.4, -0.2) is 61.4 Å². The van der Waals surface area contributed by atoms with E-state index in [1.807, 2.05) is 24.3 Å². The third-order valence-electron chi connectivity index (χ3n) is 6.69. The number of nitrogens with zero attached hydrogens (tertiary/aromatic N) is 2. The van der Waals surface area contributed by atoms with Crippen LogP contribution in [0.25, 0.3) is 0 Å². The van der Waals surface area contributed by atoms with Crippen LogP contribution in [0.15, 0.2) is 48.5 Å². The molecule has 0 spiro atoms. The summed E-state index contributed by atoms with van der Waals surface area (Å²) in [5.74, 6) is 0.988. The van der Waals surface area contributed by atoms with Crippen molar-refractivity contribution in [2.24, 2.45) is 0 Å². The Kier molecular flexibility index (Phi) is 9.21. The minimum Gasteiger partial charge on any atom is -0.493 e. The Labute approximate surface area is 196 Å². The van der Waals surface area contributed by atoms with E-state index >= 15 is 0 Å². The summed E-state index contributed by atoms with van der Waals surface area (Å²) in [7, 11) is 0. The maximum absolute atomic E-state index is 12.9. The van der Waals surface area contributed by atoms with Gasteiger partial charge in [0.25, 0.3) is 0 Å². The van der Waals surface area contributed by atoms with Crippen LogP contribution in [0.3, 0.4) is 0 Å². The first-order valence-corrected chi connectivity index (χ1v) is 12.1. The summed E-state index contributed by atoms with van der Waals surface area (Å²) in [6, 6.07) is 16.6. The number of rotatable bonds is 10. The predicted octanol–water partition coefficient (Wildman–Crippen LogP) is 6.14. The van der Waals surface area contributed by atoms with E-state index in [1.165, 1.54) is 5.56 Å². The number of benzene rings is 2. The normalized spacial score (nSPS) is 19.9. The monoisotopic (exact) mass is 463 g/mol. The number of unbranched alkanes of at least 4 members (excludes halogenated alkanes) is 2. The number of quaternary nitrogens is 1. The second-order valence-electron chi connectivity index (χ2n) is 9.53. The molecule has 2 aromatic rings. The van der Waals surface area contributed by atoms with Gasteiger partial charge < -0.3 is 9.22 Å². The first-order valence-electron chi connectivity index (χ1n) is 12.1. The standard InChI is InChI=1S/C27H38F3N2O/c1-23-11-9-12-24(2)26(23)33-20-8-4-7-17-32(21-25-13-5-3-6-14-25)18-10-15-31(16-19-32)22-27(28,29)30/h3,5-6,9,11-14H,4,7-8,10,15-22H2,1-2H3/q+1. The molecular weight excluding hydrogens is 425 g/mol. The highest BCUT2D eigenvalue weighted by molar-refractivity contribution is 5.39. The molecule has 33 heavy (non-hydrogen) atoms. The van der Waals surface area contributed by atoms with Gasteiger partial charge in [-0.2, -0.15) is 13.2 Å². The summed E-state index contributed by atoms with van der Waals surface area (Å²) in [6.07, 6.45) is -0.221. The van der Waals surface area contributed by atoms with Gasteiger partial charge in [0.05, 0.1) is 32.8 Å². The Hall–Kier alpha value is -2.05. The molecule has 0 bridgehead atoms. The second kappa shape index (κ2) is 11.9. The van der Waals surface area contributed by atoms with Crippen molar-refractivity contribution in [3.63, 3.8) is 0 Å². The number of hydrogen-bond donors (Lipinski definition) is 0. The third kappa shape index (κ3) is 8.35. The van der Waals surface area contributed by atoms with Crippen LogP contribution in [0, 0.1) is 13.8 Å². The SMILES string of the molecule is Cc1cccc(C)c1OCCCCC[N+]1(Cc2ccccc2)CCCN(CC(F)(F)F)CC1. The van der Waals surface area contributed by atoms with E-state index in [2.05, 4.69) is 38.1 Å². The van der Waals surface area contributed by atoms with Gasteiger partial charge in [0.15, 0.2) is 0 Å². The Balaban J connectivity index is 1.54. The van der Waals surface area contributed by atoms with Crippen LogP contribution in [0.1, 0.15) is 42.4 Å². The minimum atomic E-state index is -4.13. The molecule has 0 aromatic heterocycles. The molecule has 0 aliphatic carbocycles. The topological polar surface area (TPSA) is 12.5 Å². The lowest BCUT2D eigenvalue weighted by Gasteiger charge is -2.38. The largest absolute Gasteiger partial charge is 0.493 e. The number of hydrogen-bond acceptors (Lipinski definition) is 2. The summed E-state index contributed by atoms with van der Waals surface area (Å²) < 4.78 is 45.8. The first kappa shape index (κ1) is 25.6. The van der Waals surface area contributed by atoms with Crippen molar-refractivity contribution >= 4 is 0 Å². The maximum Gasteiger partial charge on any atom is 0.401 e. The van der Waals surface area contributed by atoms with Gasteiger partial charge in [-0.15, -0.1) is 0 Å². The molecule has 0 N–H and O–H groups in total. The van der Waals surface area contributed by atoms with Gasteiger partial charge in [-0.05, 0) is 44.2 Å². The second-order valence-corrected chi connectivity index (χ2v) is 9.53. The lowest BCUT2D eigenvalue weighted by molar-refractivity contribution is -0.939. The summed E-state index contributed by atoms with van der Waals surface area (Å²) in [5.41, 5.74) is 3.59. The van der Waals surface area contributed by atoms with Crippen LogP contribution in [0.5, 0.6) is 5.75 Å². The van der Waals surface area contributed by atoms with E-state index in [0.29, 0.717) is 19.7 Å². The smallest absolute Gasteiger partial charge is 0.401 e. The zero-order chi connectivity index (χ0) is 23.7. The van der Waals surface area contributed by atoms with Gasteiger partial charge in [-0.1, -0.05) is 48.5 Å². The fourth-order valence-electron chi connectivity index (χ4n) is 4.98. The van der Waals surface area contributed by atoms with E-state index in [-0.39, 0.29) is 0 Å². The molecule has 6 heteroatoms. The van der Waals surface area contributed by atoms with Crippen molar-refractivity contribution in [1.82, 2.24) is 4.90 Å². The lowest BCUT2D eigenvalue weighted by atomic mass is 10.1. The quantitative estimate of drug-likeness (QED) is 0.310. The van der Waals surface area contributed by atoms with Crippen molar-refractivity contribution in [3.8, 4) is 5.75 Å². The molecule has 1 saturated heterocycles. The van der Waals surface area contributed by atoms with Gasteiger partial charge in [0.1, 0.15) is 12.3 Å². The highest BCUT2D eigenvalue weighted by atomic mass is 19.4. The molecule has 3 nitrogen and oxygen atoms in total. The molecule has 3 rings (SSSR count). The molecule has 1 heterocycles. The molecule has 1 aliphatic rings. The van der Waals surface area contributed by atoms with Crippen LogP contribution < -0.4 is 4.74 Å². The third-order valence-corrected chi connectivity index (χ3v) is 6.69. The summed E-state index contributed by atoms with van der Waals surface area (Å²) in [5, 5.41) is 0. The molecular formula is C27H38F3N2O+. The highest BCUT2D eigenvalue weighted by Gasteiger charge is 2.35. The fraction of sp³-hybridized carbons (Fsp3) is 0.556. The van der Waals surface area contributed by atoms with Crippen molar-refractivity contribution in [2.75, 3.05) is 45.9 Å². The van der Waals surface area contributed by atoms with Gasteiger partial charge in [-0.25, -0.2) is 0 Å². The molecule has 2 aromatic carbocycles. The van der Waals surface area contributed by atoms with Crippen LogP contribution in [0.2, 0.25) is 0 Å². The molecule has 1 atom stereocenters. The maximum atomic E-state index is 12.9. The molecule has 1 fully saturated rings. The molecule has 0 saturated carbocycles. The summed E-state index contributed by atoms with van der Waals surface area (Å²) >= 11 is 0. The lowest BCUT2D eigenvalue weighted by Crippen LogP contribution is -2.50. The fourth-order valence-corrected chi connectivity index (χ4v) is 4.98. The number of halogens is 3. The Morgan fingerprint density at radius 2 is 1.61 bits per heavy atom. The number of alkyl halides is 3. The van der Waals surface area contributed by atoms with E-state index in [1.54, 1.807) is 4.90 Å². The number of para-hydroxylation sites is 1. The highest BCUT2D eigenvalue weighted by Crippen LogP contribution is 2.24. The van der Waals surface area contributed by atoms with Gasteiger partial charge >= 0.3 is 6.18 Å². The molecule has 1 unspecified atom stereocenters. The van der Waals surface area contributed by atoms with Crippen LogP contribution in [-0.2, 0) is 6.54 Å². The summed E-state index contributed by atoms with van der Waals surface area (Å²) in [6.45, 7) is 8.66. The van der Waals surface area contributed by atoms with Crippen LogP contribution in [0.4, 0.5) is 13.2 Å². The predicted molar refractivity (Wildman–Crippen MR) is 127 cm³/mol. The van der Waals surface area contributed by atoms with E-state index in [0.717, 1.165) is 73.2 Å². The zero-order valence-corrected chi connectivity index (χ0v) is 20.0. The van der Waals surface area contributed by atoms with Crippen molar-refractivity contribution in [3.05, 3.63) is 65.2 Å². The Bertz CT molecular complexity index is 836. The number of ether oxygens (including phenoxy) is 1. The molecule has 1 aliphatic heterocycles. The van der Waals surface area contributed by atoms with E-state index in [4.69, 9.17) is 4.74 Å². The van der Waals surface area contributed by atoms with E-state index < -0.39 is 12.7 Å². The average molecular weight is 464 g/mol. The Morgan fingerprint density at radius 1 is 0.879 bits per heavy atom. The molecule has 182 valence electrons.